The number of carboxylic acid groups (broad SMARTS) is 1. The molecule has 0 bridgehead atoms. The second-order valence-corrected chi connectivity index (χ2v) is 5.01. The summed E-state index contributed by atoms with van der Waals surface area (Å²) >= 11 is 0. The molecule has 1 saturated heterocycles. The number of carboxylic acids is 1. The van der Waals surface area contributed by atoms with Crippen LogP contribution in [0.1, 0.15) is 35.7 Å². The first-order valence-corrected chi connectivity index (χ1v) is 6.26. The van der Waals surface area contributed by atoms with Crippen LogP contribution in [0, 0.1) is 0 Å². The molecule has 98 valence electrons. The maximum atomic E-state index is 10.8. The van der Waals surface area contributed by atoms with Crippen LogP contribution >= 0.6 is 0 Å². The van der Waals surface area contributed by atoms with Gasteiger partial charge >= 0.3 is 5.97 Å². The zero-order valence-corrected chi connectivity index (χ0v) is 10.6. The van der Waals surface area contributed by atoms with Crippen LogP contribution in [0.25, 0.3) is 0 Å². The molecule has 1 aliphatic heterocycles. The van der Waals surface area contributed by atoms with E-state index in [4.69, 9.17) is 9.84 Å². The van der Waals surface area contributed by atoms with Crippen molar-refractivity contribution in [1.82, 2.24) is 5.32 Å². The number of hydrogen-bond donors (Lipinski definition) is 2. The Morgan fingerprint density at radius 1 is 1.56 bits per heavy atom. The van der Waals surface area contributed by atoms with E-state index in [1.807, 2.05) is 6.07 Å². The number of aromatic carboxylic acids is 1. The largest absolute Gasteiger partial charge is 0.478 e. The maximum absolute atomic E-state index is 10.8. The highest BCUT2D eigenvalue weighted by Gasteiger charge is 2.28. The number of ether oxygens (including phenoxy) is 1. The van der Waals surface area contributed by atoms with Crippen molar-refractivity contribution in [3.63, 3.8) is 0 Å². The Kier molecular flexibility index (Phi) is 3.99. The molecule has 1 aromatic rings. The smallest absolute Gasteiger partial charge is 0.335 e. The van der Waals surface area contributed by atoms with E-state index in [1.165, 1.54) is 0 Å². The summed E-state index contributed by atoms with van der Waals surface area (Å²) in [5, 5.41) is 12.2. The van der Waals surface area contributed by atoms with Gasteiger partial charge in [0.1, 0.15) is 0 Å². The molecular formula is C14H19NO3. The molecule has 2 N–H and O–H groups in total. The second-order valence-electron chi connectivity index (χ2n) is 5.01. The average molecular weight is 249 g/mol. The summed E-state index contributed by atoms with van der Waals surface area (Å²) < 4.78 is 5.68. The standard InChI is InChI=1S/C14H19NO3/c1-14(6-3-7-18-14)10-15-9-11-4-2-5-12(8-11)13(16)17/h2,4-5,8,15H,3,6-7,9-10H2,1H3,(H,16,17). The molecule has 0 radical (unpaired) electrons. The van der Waals surface area contributed by atoms with Gasteiger partial charge in [0, 0.05) is 19.7 Å². The molecule has 2 rings (SSSR count). The molecule has 1 unspecified atom stereocenters. The monoisotopic (exact) mass is 249 g/mol. The molecule has 4 nitrogen and oxygen atoms in total. The van der Waals surface area contributed by atoms with Gasteiger partial charge in [-0.15, -0.1) is 0 Å². The normalized spacial score (nSPS) is 23.2. The van der Waals surface area contributed by atoms with Crippen LogP contribution in [0.15, 0.2) is 24.3 Å². The minimum Gasteiger partial charge on any atom is -0.478 e. The third kappa shape index (κ3) is 3.31. The van der Waals surface area contributed by atoms with Crippen molar-refractivity contribution in [2.24, 2.45) is 0 Å². The average Bonchev–Trinajstić information content (AvgIpc) is 2.77. The van der Waals surface area contributed by atoms with Gasteiger partial charge in [-0.05, 0) is 37.5 Å². The zero-order chi connectivity index (χ0) is 13.0. The van der Waals surface area contributed by atoms with Gasteiger partial charge in [0.15, 0.2) is 0 Å². The first kappa shape index (κ1) is 13.1. The Morgan fingerprint density at radius 3 is 3.06 bits per heavy atom. The molecule has 18 heavy (non-hydrogen) atoms. The van der Waals surface area contributed by atoms with Crippen molar-refractivity contribution in [3.05, 3.63) is 35.4 Å². The van der Waals surface area contributed by atoms with Crippen molar-refractivity contribution in [2.75, 3.05) is 13.2 Å². The van der Waals surface area contributed by atoms with Crippen molar-refractivity contribution in [3.8, 4) is 0 Å². The van der Waals surface area contributed by atoms with Crippen LogP contribution in [0.4, 0.5) is 0 Å². The van der Waals surface area contributed by atoms with E-state index in [0.29, 0.717) is 12.1 Å². The van der Waals surface area contributed by atoms with Crippen molar-refractivity contribution >= 4 is 5.97 Å². The fourth-order valence-corrected chi connectivity index (χ4v) is 2.26. The Balaban J connectivity index is 1.86. The Hall–Kier alpha value is -1.39. The van der Waals surface area contributed by atoms with Gasteiger partial charge in [-0.2, -0.15) is 0 Å². The first-order valence-electron chi connectivity index (χ1n) is 6.26. The highest BCUT2D eigenvalue weighted by atomic mass is 16.5. The van der Waals surface area contributed by atoms with E-state index in [1.54, 1.807) is 18.2 Å². The highest BCUT2D eigenvalue weighted by Crippen LogP contribution is 2.23. The summed E-state index contributed by atoms with van der Waals surface area (Å²) in [5.74, 6) is -0.886. The van der Waals surface area contributed by atoms with Crippen LogP contribution in [-0.2, 0) is 11.3 Å². The summed E-state index contributed by atoms with van der Waals surface area (Å²) in [6.45, 7) is 4.41. The number of nitrogens with one attached hydrogen (secondary N) is 1. The summed E-state index contributed by atoms with van der Waals surface area (Å²) in [5.41, 5.74) is 1.25. The fraction of sp³-hybridized carbons (Fsp3) is 0.500. The quantitative estimate of drug-likeness (QED) is 0.838. The van der Waals surface area contributed by atoms with Crippen LogP contribution in [0.5, 0.6) is 0 Å². The molecule has 0 aliphatic carbocycles. The molecule has 1 heterocycles. The Labute approximate surface area is 107 Å². The van der Waals surface area contributed by atoms with E-state index in [-0.39, 0.29) is 5.60 Å². The molecule has 1 atom stereocenters. The molecule has 0 aromatic heterocycles. The summed E-state index contributed by atoms with van der Waals surface area (Å²) in [6, 6.07) is 7.01. The van der Waals surface area contributed by atoms with E-state index in [0.717, 1.165) is 31.6 Å². The van der Waals surface area contributed by atoms with Gasteiger partial charge in [-0.25, -0.2) is 4.79 Å². The van der Waals surface area contributed by atoms with E-state index >= 15 is 0 Å². The molecule has 0 spiro atoms. The van der Waals surface area contributed by atoms with Gasteiger partial charge in [-0.1, -0.05) is 12.1 Å². The second kappa shape index (κ2) is 5.50. The van der Waals surface area contributed by atoms with Crippen molar-refractivity contribution in [2.45, 2.75) is 31.9 Å². The molecule has 1 fully saturated rings. The minimum atomic E-state index is -0.886. The van der Waals surface area contributed by atoms with Crippen LogP contribution < -0.4 is 5.32 Å². The van der Waals surface area contributed by atoms with Crippen LogP contribution in [-0.4, -0.2) is 29.8 Å². The molecule has 4 heteroatoms. The zero-order valence-electron chi connectivity index (χ0n) is 10.6. The predicted molar refractivity (Wildman–Crippen MR) is 68.7 cm³/mol. The number of hydrogen-bond acceptors (Lipinski definition) is 3. The third-order valence-corrected chi connectivity index (χ3v) is 3.30. The summed E-state index contributed by atoms with van der Waals surface area (Å²) in [7, 11) is 0. The lowest BCUT2D eigenvalue weighted by Gasteiger charge is -2.23. The maximum Gasteiger partial charge on any atom is 0.335 e. The molecule has 0 saturated carbocycles. The van der Waals surface area contributed by atoms with Gasteiger partial charge in [0.2, 0.25) is 0 Å². The molecule has 1 aromatic carbocycles. The third-order valence-electron chi connectivity index (χ3n) is 3.30. The fourth-order valence-electron chi connectivity index (χ4n) is 2.26. The topological polar surface area (TPSA) is 58.6 Å². The highest BCUT2D eigenvalue weighted by molar-refractivity contribution is 5.87. The molecule has 0 amide bonds. The first-order chi connectivity index (χ1) is 8.59. The number of benzene rings is 1. The van der Waals surface area contributed by atoms with E-state index in [9.17, 15) is 4.79 Å². The van der Waals surface area contributed by atoms with Crippen molar-refractivity contribution < 1.29 is 14.6 Å². The SMILES string of the molecule is CC1(CNCc2cccc(C(=O)O)c2)CCCO1. The Bertz CT molecular complexity index is 425. The lowest BCUT2D eigenvalue weighted by Crippen LogP contribution is -2.36. The minimum absolute atomic E-state index is 0.0651. The van der Waals surface area contributed by atoms with Crippen LogP contribution in [0.2, 0.25) is 0 Å². The molecular weight excluding hydrogens is 230 g/mol. The lowest BCUT2D eigenvalue weighted by atomic mass is 10.0. The van der Waals surface area contributed by atoms with Gasteiger partial charge < -0.3 is 15.2 Å². The summed E-state index contributed by atoms with van der Waals surface area (Å²) in [4.78, 5) is 10.8. The van der Waals surface area contributed by atoms with E-state index in [2.05, 4.69) is 12.2 Å². The van der Waals surface area contributed by atoms with E-state index < -0.39 is 5.97 Å². The Morgan fingerprint density at radius 2 is 2.39 bits per heavy atom. The van der Waals surface area contributed by atoms with Crippen LogP contribution in [0.3, 0.4) is 0 Å². The summed E-state index contributed by atoms with van der Waals surface area (Å²) in [6.07, 6.45) is 2.20. The molecule has 1 aliphatic rings. The van der Waals surface area contributed by atoms with Gasteiger partial charge in [0.25, 0.3) is 0 Å². The van der Waals surface area contributed by atoms with Gasteiger partial charge in [-0.3, -0.25) is 0 Å². The number of carbonyl (C=O) groups is 1. The number of rotatable bonds is 5. The predicted octanol–water partition coefficient (Wildman–Crippen LogP) is 2.04. The van der Waals surface area contributed by atoms with Crippen molar-refractivity contribution in [1.29, 1.82) is 0 Å². The lowest BCUT2D eigenvalue weighted by molar-refractivity contribution is 0.0206. The van der Waals surface area contributed by atoms with Gasteiger partial charge in [0.05, 0.1) is 11.2 Å².